The maximum absolute atomic E-state index is 12.2. The van der Waals surface area contributed by atoms with Crippen LogP contribution in [0.3, 0.4) is 0 Å². The highest BCUT2D eigenvalue weighted by atomic mass is 31.2. The molecule has 0 radical (unpaired) electrons. The van der Waals surface area contributed by atoms with Crippen LogP contribution in [-0.4, -0.2) is 30.9 Å². The Morgan fingerprint density at radius 1 is 1.12 bits per heavy atom. The number of carbonyl (C=O) groups is 1. The summed E-state index contributed by atoms with van der Waals surface area (Å²) in [6.45, 7) is 8.83. The van der Waals surface area contributed by atoms with Gasteiger partial charge in [-0.15, -0.1) is 0 Å². The fourth-order valence-corrected chi connectivity index (χ4v) is 2.64. The van der Waals surface area contributed by atoms with Gasteiger partial charge < -0.3 is 13.8 Å². The Morgan fingerprint density at radius 3 is 1.88 bits per heavy atom. The van der Waals surface area contributed by atoms with E-state index in [4.69, 9.17) is 13.8 Å². The number of hydrogen-bond donors (Lipinski definition) is 0. The first-order valence-electron chi connectivity index (χ1n) is 5.46. The maximum atomic E-state index is 12.2. The lowest BCUT2D eigenvalue weighted by molar-refractivity contribution is -0.146. The molecule has 0 saturated carbocycles. The zero-order valence-electron chi connectivity index (χ0n) is 10.6. The molecule has 1 unspecified atom stereocenters. The molecule has 0 aromatic heterocycles. The molecule has 0 saturated heterocycles. The standard InChI is InChI=1S/C10H21O5P/c1-6-13-16(12,14-7-2)9(5)10(11)15-8(3)4/h8-9H,6-7H2,1-5H3. The van der Waals surface area contributed by atoms with Gasteiger partial charge >= 0.3 is 13.6 Å². The Labute approximate surface area is 97.0 Å². The van der Waals surface area contributed by atoms with Crippen LogP contribution in [0.4, 0.5) is 0 Å². The zero-order chi connectivity index (χ0) is 12.8. The molecule has 0 fully saturated rings. The fraction of sp³-hybridized carbons (Fsp3) is 0.900. The van der Waals surface area contributed by atoms with E-state index in [0.717, 1.165) is 0 Å². The Bertz CT molecular complexity index is 254. The molecule has 1 atom stereocenters. The monoisotopic (exact) mass is 252 g/mol. The van der Waals surface area contributed by atoms with E-state index in [1.807, 2.05) is 0 Å². The van der Waals surface area contributed by atoms with E-state index in [0.29, 0.717) is 0 Å². The van der Waals surface area contributed by atoms with E-state index < -0.39 is 19.2 Å². The molecule has 0 aliphatic heterocycles. The highest BCUT2D eigenvalue weighted by Crippen LogP contribution is 2.53. The molecule has 0 aliphatic carbocycles. The van der Waals surface area contributed by atoms with Crippen molar-refractivity contribution in [1.82, 2.24) is 0 Å². The molecule has 0 heterocycles. The molecule has 6 heteroatoms. The van der Waals surface area contributed by atoms with Gasteiger partial charge in [0.15, 0.2) is 5.66 Å². The lowest BCUT2D eigenvalue weighted by Gasteiger charge is -2.22. The van der Waals surface area contributed by atoms with Crippen molar-refractivity contribution in [1.29, 1.82) is 0 Å². The summed E-state index contributed by atoms with van der Waals surface area (Å²) in [5.74, 6) is -0.555. The van der Waals surface area contributed by atoms with Gasteiger partial charge in [-0.3, -0.25) is 9.36 Å². The SMILES string of the molecule is CCOP(=O)(OCC)C(C)C(=O)OC(C)C. The molecular weight excluding hydrogens is 231 g/mol. The zero-order valence-corrected chi connectivity index (χ0v) is 11.5. The fourth-order valence-electron chi connectivity index (χ4n) is 1.08. The van der Waals surface area contributed by atoms with Crippen LogP contribution in [0.15, 0.2) is 0 Å². The minimum Gasteiger partial charge on any atom is -0.462 e. The Morgan fingerprint density at radius 2 is 1.56 bits per heavy atom. The van der Waals surface area contributed by atoms with Gasteiger partial charge in [0.1, 0.15) is 0 Å². The molecular formula is C10H21O5P. The molecule has 0 amide bonds. The van der Waals surface area contributed by atoms with Gasteiger partial charge in [-0.25, -0.2) is 0 Å². The smallest absolute Gasteiger partial charge is 0.344 e. The average Bonchev–Trinajstić information content (AvgIpc) is 2.16. The van der Waals surface area contributed by atoms with Crippen LogP contribution >= 0.6 is 7.60 Å². The summed E-state index contributed by atoms with van der Waals surface area (Å²) in [5, 5.41) is 0. The highest BCUT2D eigenvalue weighted by molar-refractivity contribution is 7.55. The van der Waals surface area contributed by atoms with Crippen molar-refractivity contribution in [2.24, 2.45) is 0 Å². The molecule has 5 nitrogen and oxygen atoms in total. The van der Waals surface area contributed by atoms with E-state index in [1.165, 1.54) is 6.92 Å². The third-order valence-electron chi connectivity index (χ3n) is 1.79. The van der Waals surface area contributed by atoms with Crippen molar-refractivity contribution in [3.8, 4) is 0 Å². The summed E-state index contributed by atoms with van der Waals surface area (Å²) >= 11 is 0. The molecule has 0 N–H and O–H groups in total. The molecule has 0 rings (SSSR count). The molecule has 0 aliphatic rings. The quantitative estimate of drug-likeness (QED) is 0.514. The highest BCUT2D eigenvalue weighted by Gasteiger charge is 2.38. The van der Waals surface area contributed by atoms with Gasteiger partial charge in [0, 0.05) is 0 Å². The number of carbonyl (C=O) groups excluding carboxylic acids is 1. The number of ether oxygens (including phenoxy) is 1. The Hall–Kier alpha value is -0.380. The second-order valence-electron chi connectivity index (χ2n) is 3.54. The number of rotatable bonds is 7. The van der Waals surface area contributed by atoms with Crippen molar-refractivity contribution < 1.29 is 23.1 Å². The Balaban J connectivity index is 4.66. The van der Waals surface area contributed by atoms with E-state index in [9.17, 15) is 9.36 Å². The summed E-state index contributed by atoms with van der Waals surface area (Å²) in [7, 11) is -3.40. The molecule has 16 heavy (non-hydrogen) atoms. The van der Waals surface area contributed by atoms with Crippen molar-refractivity contribution in [3.05, 3.63) is 0 Å². The number of esters is 1. The van der Waals surface area contributed by atoms with Gasteiger partial charge in [-0.05, 0) is 34.6 Å². The van der Waals surface area contributed by atoms with Gasteiger partial charge in [0.05, 0.1) is 19.3 Å². The molecule has 0 bridgehead atoms. The summed E-state index contributed by atoms with van der Waals surface area (Å²) < 4.78 is 27.3. The predicted octanol–water partition coefficient (Wildman–Crippen LogP) is 2.59. The van der Waals surface area contributed by atoms with Crippen molar-refractivity contribution in [3.63, 3.8) is 0 Å². The van der Waals surface area contributed by atoms with E-state index >= 15 is 0 Å². The predicted molar refractivity (Wildman–Crippen MR) is 61.5 cm³/mol. The van der Waals surface area contributed by atoms with Crippen LogP contribution in [-0.2, 0) is 23.1 Å². The first kappa shape index (κ1) is 15.6. The molecule has 0 aromatic carbocycles. The van der Waals surface area contributed by atoms with Crippen molar-refractivity contribution in [2.45, 2.75) is 46.4 Å². The van der Waals surface area contributed by atoms with Crippen LogP contribution in [0.2, 0.25) is 0 Å². The van der Waals surface area contributed by atoms with Gasteiger partial charge in [0.2, 0.25) is 0 Å². The average molecular weight is 252 g/mol. The van der Waals surface area contributed by atoms with Crippen LogP contribution in [0, 0.1) is 0 Å². The van der Waals surface area contributed by atoms with Crippen LogP contribution < -0.4 is 0 Å². The first-order valence-corrected chi connectivity index (χ1v) is 7.07. The van der Waals surface area contributed by atoms with Gasteiger partial charge in [-0.2, -0.15) is 0 Å². The van der Waals surface area contributed by atoms with Crippen LogP contribution in [0.5, 0.6) is 0 Å². The molecule has 0 spiro atoms. The summed E-state index contributed by atoms with van der Waals surface area (Å²) in [6, 6.07) is 0. The van der Waals surface area contributed by atoms with E-state index in [-0.39, 0.29) is 19.3 Å². The largest absolute Gasteiger partial charge is 0.462 e. The minimum atomic E-state index is -3.40. The van der Waals surface area contributed by atoms with Crippen LogP contribution in [0.25, 0.3) is 0 Å². The second-order valence-corrected chi connectivity index (χ2v) is 5.91. The summed E-state index contributed by atoms with van der Waals surface area (Å²) in [6.07, 6.45) is -0.244. The Kier molecular flexibility index (Phi) is 6.88. The summed E-state index contributed by atoms with van der Waals surface area (Å²) in [5.41, 5.74) is -0.894. The summed E-state index contributed by atoms with van der Waals surface area (Å²) in [4.78, 5) is 11.6. The minimum absolute atomic E-state index is 0.233. The molecule has 96 valence electrons. The lowest BCUT2D eigenvalue weighted by atomic mass is 10.4. The first-order chi connectivity index (χ1) is 7.37. The third-order valence-corrected chi connectivity index (χ3v) is 4.18. The third kappa shape index (κ3) is 4.64. The lowest BCUT2D eigenvalue weighted by Crippen LogP contribution is -2.25. The second kappa shape index (κ2) is 7.05. The van der Waals surface area contributed by atoms with E-state index in [1.54, 1.807) is 27.7 Å². The van der Waals surface area contributed by atoms with Gasteiger partial charge in [0.25, 0.3) is 0 Å². The number of hydrogen-bond acceptors (Lipinski definition) is 5. The van der Waals surface area contributed by atoms with Crippen LogP contribution in [0.1, 0.15) is 34.6 Å². The van der Waals surface area contributed by atoms with E-state index in [2.05, 4.69) is 0 Å². The maximum Gasteiger partial charge on any atom is 0.344 e. The van der Waals surface area contributed by atoms with Gasteiger partial charge in [-0.1, -0.05) is 0 Å². The van der Waals surface area contributed by atoms with Crippen molar-refractivity contribution >= 4 is 13.6 Å². The normalized spacial score (nSPS) is 13.9. The van der Waals surface area contributed by atoms with Crippen molar-refractivity contribution in [2.75, 3.05) is 13.2 Å². The molecule has 0 aromatic rings. The topological polar surface area (TPSA) is 61.8 Å².